The zero-order valence-corrected chi connectivity index (χ0v) is 13.0. The Morgan fingerprint density at radius 3 is 2.55 bits per heavy atom. The maximum absolute atomic E-state index is 11.8. The van der Waals surface area contributed by atoms with Crippen LogP contribution in [-0.4, -0.2) is 31.0 Å². The van der Waals surface area contributed by atoms with Crippen molar-refractivity contribution >= 4 is 52.9 Å². The summed E-state index contributed by atoms with van der Waals surface area (Å²) in [4.78, 5) is 23.2. The van der Waals surface area contributed by atoms with Crippen LogP contribution in [0.4, 0.5) is 11.4 Å². The van der Waals surface area contributed by atoms with Gasteiger partial charge in [-0.25, -0.2) is 8.42 Å². The van der Waals surface area contributed by atoms with E-state index in [1.807, 2.05) is 0 Å². The molecule has 1 aromatic rings. The highest BCUT2D eigenvalue weighted by Crippen LogP contribution is 2.32. The van der Waals surface area contributed by atoms with Crippen LogP contribution in [0.3, 0.4) is 0 Å². The monoisotopic (exact) mass is 382 g/mol. The number of benzene rings is 1. The first kappa shape index (κ1) is 15.2. The molecule has 7 nitrogen and oxygen atoms in total. The van der Waals surface area contributed by atoms with Crippen LogP contribution in [0.2, 0.25) is 0 Å². The van der Waals surface area contributed by atoms with Gasteiger partial charge in [0.1, 0.15) is 5.25 Å². The number of rotatable bonds is 3. The third-order valence-electron chi connectivity index (χ3n) is 2.93. The van der Waals surface area contributed by atoms with Gasteiger partial charge in [0.25, 0.3) is 5.69 Å². The van der Waals surface area contributed by atoms with Crippen molar-refractivity contribution in [3.8, 4) is 0 Å². The average molecular weight is 384 g/mol. The van der Waals surface area contributed by atoms with E-state index in [0.29, 0.717) is 5.69 Å². The van der Waals surface area contributed by atoms with Gasteiger partial charge in [-0.2, -0.15) is 0 Å². The molecule has 0 N–H and O–H groups in total. The molecular formula is C10H8BrClN2O5S. The van der Waals surface area contributed by atoms with E-state index < -0.39 is 19.2 Å². The zero-order valence-electron chi connectivity index (χ0n) is 9.82. The van der Waals surface area contributed by atoms with Crippen LogP contribution in [0, 0.1) is 10.1 Å². The molecule has 20 heavy (non-hydrogen) atoms. The molecule has 1 heterocycles. The maximum atomic E-state index is 11.8. The fraction of sp³-hybridized carbons (Fsp3) is 0.300. The highest BCUT2D eigenvalue weighted by molar-refractivity contribution is 9.10. The zero-order chi connectivity index (χ0) is 15.1. The topological polar surface area (TPSA) is 97.6 Å². The lowest BCUT2D eigenvalue weighted by Crippen LogP contribution is -2.26. The second-order valence-corrected chi connectivity index (χ2v) is 7.96. The van der Waals surface area contributed by atoms with E-state index in [4.69, 9.17) is 10.7 Å². The summed E-state index contributed by atoms with van der Waals surface area (Å²) < 4.78 is 22.7. The SMILES string of the molecule is O=C1CC(S(=O)(=O)Cl)CN1c1ccc([N+](=O)[O-])c(Br)c1. The minimum atomic E-state index is -3.82. The first-order chi connectivity index (χ1) is 9.20. The smallest absolute Gasteiger partial charge is 0.283 e. The molecule has 0 radical (unpaired) electrons. The van der Waals surface area contributed by atoms with Gasteiger partial charge in [0, 0.05) is 35.4 Å². The van der Waals surface area contributed by atoms with E-state index in [2.05, 4.69) is 15.9 Å². The van der Waals surface area contributed by atoms with Crippen molar-refractivity contribution in [3.05, 3.63) is 32.8 Å². The molecule has 0 aliphatic carbocycles. The van der Waals surface area contributed by atoms with Gasteiger partial charge in [-0.15, -0.1) is 0 Å². The fourth-order valence-corrected chi connectivity index (χ4v) is 3.46. The molecule has 10 heteroatoms. The Bertz CT molecular complexity index is 693. The molecule has 108 valence electrons. The van der Waals surface area contributed by atoms with Gasteiger partial charge < -0.3 is 4.90 Å². The van der Waals surface area contributed by atoms with Gasteiger partial charge >= 0.3 is 0 Å². The second-order valence-electron chi connectivity index (χ2n) is 4.20. The van der Waals surface area contributed by atoms with E-state index in [0.717, 1.165) is 0 Å². The average Bonchev–Trinajstić information content (AvgIpc) is 2.70. The van der Waals surface area contributed by atoms with E-state index >= 15 is 0 Å². The number of nitro benzene ring substituents is 1. The minimum Gasteiger partial charge on any atom is -0.311 e. The van der Waals surface area contributed by atoms with E-state index in [9.17, 15) is 23.3 Å². The van der Waals surface area contributed by atoms with Crippen molar-refractivity contribution in [1.82, 2.24) is 0 Å². The van der Waals surface area contributed by atoms with Crippen molar-refractivity contribution in [2.24, 2.45) is 0 Å². The number of hydrogen-bond acceptors (Lipinski definition) is 5. The Labute approximate surface area is 127 Å². The second kappa shape index (κ2) is 5.30. The highest BCUT2D eigenvalue weighted by Gasteiger charge is 2.38. The molecule has 1 saturated heterocycles. The Morgan fingerprint density at radius 2 is 2.10 bits per heavy atom. The van der Waals surface area contributed by atoms with Crippen molar-refractivity contribution in [1.29, 1.82) is 0 Å². The molecule has 1 aliphatic heterocycles. The summed E-state index contributed by atoms with van der Waals surface area (Å²) in [5, 5.41) is 9.73. The van der Waals surface area contributed by atoms with Crippen LogP contribution in [0.15, 0.2) is 22.7 Å². The highest BCUT2D eigenvalue weighted by atomic mass is 79.9. The van der Waals surface area contributed by atoms with Gasteiger partial charge in [0.15, 0.2) is 0 Å². The van der Waals surface area contributed by atoms with Gasteiger partial charge in [-0.1, -0.05) is 0 Å². The molecule has 0 spiro atoms. The summed E-state index contributed by atoms with van der Waals surface area (Å²) in [5.74, 6) is -0.389. The van der Waals surface area contributed by atoms with Crippen LogP contribution < -0.4 is 4.90 Å². The number of carbonyl (C=O) groups is 1. The minimum absolute atomic E-state index is 0.0606. The summed E-state index contributed by atoms with van der Waals surface area (Å²) in [7, 11) is 1.43. The molecule has 1 atom stereocenters. The predicted molar refractivity (Wildman–Crippen MR) is 76.3 cm³/mol. The number of hydrogen-bond donors (Lipinski definition) is 0. The molecule has 0 saturated carbocycles. The summed E-state index contributed by atoms with van der Waals surface area (Å²) in [6.07, 6.45) is -0.194. The molecule has 1 fully saturated rings. The molecule has 1 aliphatic rings. The molecule has 1 aromatic carbocycles. The van der Waals surface area contributed by atoms with E-state index in [1.54, 1.807) is 0 Å². The largest absolute Gasteiger partial charge is 0.311 e. The lowest BCUT2D eigenvalue weighted by atomic mass is 10.2. The first-order valence-corrected chi connectivity index (χ1v) is 8.54. The summed E-state index contributed by atoms with van der Waals surface area (Å²) >= 11 is 3.05. The first-order valence-electron chi connectivity index (χ1n) is 5.38. The Hall–Kier alpha value is -1.19. The quantitative estimate of drug-likeness (QED) is 0.452. The summed E-state index contributed by atoms with van der Waals surface area (Å²) in [6, 6.07) is 4.04. The van der Waals surface area contributed by atoms with Gasteiger partial charge in [0.2, 0.25) is 15.0 Å². The maximum Gasteiger partial charge on any atom is 0.283 e. The lowest BCUT2D eigenvalue weighted by molar-refractivity contribution is -0.385. The standard InChI is InChI=1S/C10H8BrClN2O5S/c11-8-3-6(1-2-9(8)14(16)17)13-5-7(4-10(13)15)20(12,18)19/h1-3,7H,4-5H2. The number of halogens is 2. The molecule has 0 aromatic heterocycles. The van der Waals surface area contributed by atoms with Crippen LogP contribution in [0.25, 0.3) is 0 Å². The number of anilines is 1. The van der Waals surface area contributed by atoms with E-state index in [1.165, 1.54) is 23.1 Å². The van der Waals surface area contributed by atoms with Crippen molar-refractivity contribution in [2.75, 3.05) is 11.4 Å². The number of amides is 1. The Balaban J connectivity index is 2.31. The Kier molecular flexibility index (Phi) is 4.03. The molecular weight excluding hydrogens is 376 g/mol. The Morgan fingerprint density at radius 1 is 1.45 bits per heavy atom. The summed E-state index contributed by atoms with van der Waals surface area (Å²) in [5.41, 5.74) is 0.247. The van der Waals surface area contributed by atoms with Gasteiger partial charge in [-0.3, -0.25) is 14.9 Å². The number of carbonyl (C=O) groups excluding carboxylic acids is 1. The van der Waals surface area contributed by atoms with Crippen LogP contribution in [0.1, 0.15) is 6.42 Å². The van der Waals surface area contributed by atoms with Crippen LogP contribution in [0.5, 0.6) is 0 Å². The number of nitrogens with zero attached hydrogens (tertiary/aromatic N) is 2. The lowest BCUT2D eigenvalue weighted by Gasteiger charge is -2.16. The third kappa shape index (κ3) is 2.94. The third-order valence-corrected chi connectivity index (χ3v) is 5.43. The molecule has 2 rings (SSSR count). The molecule has 0 bridgehead atoms. The fourth-order valence-electron chi connectivity index (χ4n) is 1.92. The van der Waals surface area contributed by atoms with Crippen LogP contribution >= 0.6 is 26.6 Å². The van der Waals surface area contributed by atoms with Crippen molar-refractivity contribution < 1.29 is 18.1 Å². The molecule has 1 amide bonds. The van der Waals surface area contributed by atoms with Crippen molar-refractivity contribution in [3.63, 3.8) is 0 Å². The number of nitro groups is 1. The van der Waals surface area contributed by atoms with Gasteiger partial charge in [0.05, 0.1) is 9.40 Å². The predicted octanol–water partition coefficient (Wildman–Crippen LogP) is 2.03. The molecule has 1 unspecified atom stereocenters. The van der Waals surface area contributed by atoms with Gasteiger partial charge in [-0.05, 0) is 28.1 Å². The van der Waals surface area contributed by atoms with Crippen LogP contribution in [-0.2, 0) is 13.8 Å². The summed E-state index contributed by atoms with van der Waals surface area (Å²) in [6.45, 7) is -0.0606. The normalized spacial score (nSPS) is 19.4. The van der Waals surface area contributed by atoms with E-state index in [-0.39, 0.29) is 29.0 Å². The van der Waals surface area contributed by atoms with Crippen molar-refractivity contribution in [2.45, 2.75) is 11.7 Å².